The topological polar surface area (TPSA) is 317 Å². The summed E-state index contributed by atoms with van der Waals surface area (Å²) in [6, 6.07) is 0. The number of methoxy groups -OCH3 is 1. The molecule has 0 radical (unpaired) electrons. The molecule has 4 aliphatic rings. The van der Waals surface area contributed by atoms with Crippen LogP contribution >= 0.6 is 0 Å². The molecule has 20 nitrogen and oxygen atoms in total. The summed E-state index contributed by atoms with van der Waals surface area (Å²) in [5.74, 6) is -2.49. The van der Waals surface area contributed by atoms with E-state index in [1.807, 2.05) is 0 Å². The molecule has 4 saturated heterocycles. The lowest BCUT2D eigenvalue weighted by Gasteiger charge is -2.44. The van der Waals surface area contributed by atoms with Crippen molar-refractivity contribution in [3.63, 3.8) is 0 Å². The van der Waals surface area contributed by atoms with Crippen molar-refractivity contribution in [1.82, 2.24) is 0 Å². The zero-order valence-electron chi connectivity index (χ0n) is 30.7. The molecule has 0 aliphatic carbocycles. The minimum absolute atomic E-state index is 0.00771. The zero-order chi connectivity index (χ0) is 39.7. The van der Waals surface area contributed by atoms with Crippen LogP contribution in [-0.2, 0) is 37.9 Å². The summed E-state index contributed by atoms with van der Waals surface area (Å²) in [5, 5.41) is 125. The zero-order valence-corrected chi connectivity index (χ0v) is 30.7. The van der Waals surface area contributed by atoms with E-state index in [0.29, 0.717) is 6.42 Å². The van der Waals surface area contributed by atoms with Gasteiger partial charge in [0.25, 0.3) is 0 Å². The first kappa shape index (κ1) is 45.9. The molecule has 0 spiro atoms. The summed E-state index contributed by atoms with van der Waals surface area (Å²) in [6.07, 6.45) is -19.5. The molecule has 0 aromatic rings. The molecule has 0 saturated carbocycles. The SMILES string of the molecule is CC[C@@H]1C(O)[C@H](COC[C@@H]2C(O)[C@H](COC[C@@H]3C(O)[C@H](COC)OC(CO)[C@@H]3O)OC(COCC[C@@H]3OC(CO)[C@H](O)[C@H](O)C3O)[C@@H]2O)OC(CO)[C@@H]1O. The monoisotopic (exact) mass is 790 g/mol. The van der Waals surface area contributed by atoms with Crippen molar-refractivity contribution in [2.24, 2.45) is 17.8 Å². The predicted molar refractivity (Wildman–Crippen MR) is 180 cm³/mol. The molecule has 8 unspecified atom stereocenters. The molecule has 4 heterocycles. The Morgan fingerprint density at radius 2 is 0.741 bits per heavy atom. The van der Waals surface area contributed by atoms with Gasteiger partial charge in [-0.2, -0.15) is 0 Å². The maximum absolute atomic E-state index is 11.4. The van der Waals surface area contributed by atoms with Gasteiger partial charge in [0.15, 0.2) is 0 Å². The fraction of sp³-hybridized carbons (Fsp3) is 1.00. The third-order valence-electron chi connectivity index (χ3n) is 11.1. The van der Waals surface area contributed by atoms with Crippen LogP contribution in [0.1, 0.15) is 19.8 Å². The Kier molecular flexibility index (Phi) is 18.5. The Balaban J connectivity index is 1.40. The second-order valence-corrected chi connectivity index (χ2v) is 14.6. The highest BCUT2D eigenvalue weighted by Crippen LogP contribution is 2.32. The van der Waals surface area contributed by atoms with E-state index in [-0.39, 0.29) is 52.7 Å². The standard InChI is InChI=1S/C34H62O20/c1-3-15-26(38)19(6-35)53-24(27(15)39)13-50-10-17-30(42)23(12-48-5-4-18-32(44)34(46)33(45)21(8-37)51-18)54-25(31(17)43)14-49-9-16-28(40)20(7-36)52-22(11-47-2)29(16)41/h15-46H,3-14H2,1-2H3/t15-,16-,17-,18-,19?,20?,21?,22-,23?,24-,25-,26+,27?,28+,29?,30+,31?,32?,33-,34+/m0/s1. The fourth-order valence-corrected chi connectivity index (χ4v) is 7.77. The van der Waals surface area contributed by atoms with E-state index in [1.165, 1.54) is 7.11 Å². The summed E-state index contributed by atoms with van der Waals surface area (Å²) < 4.78 is 45.3. The molecule has 20 heteroatoms. The second-order valence-electron chi connectivity index (χ2n) is 14.6. The van der Waals surface area contributed by atoms with Gasteiger partial charge < -0.3 is 99.2 Å². The first-order valence-electron chi connectivity index (χ1n) is 18.6. The van der Waals surface area contributed by atoms with Crippen LogP contribution in [0.15, 0.2) is 0 Å². The number of aliphatic hydroxyl groups is 12. The van der Waals surface area contributed by atoms with Crippen LogP contribution in [0.25, 0.3) is 0 Å². The van der Waals surface area contributed by atoms with Gasteiger partial charge in [-0.1, -0.05) is 6.92 Å². The highest BCUT2D eigenvalue weighted by atomic mass is 16.6. The van der Waals surface area contributed by atoms with E-state index >= 15 is 0 Å². The molecule has 0 amide bonds. The molecule has 20 atom stereocenters. The van der Waals surface area contributed by atoms with Crippen molar-refractivity contribution in [2.45, 2.75) is 124 Å². The molecule has 54 heavy (non-hydrogen) atoms. The number of rotatable bonds is 19. The third kappa shape index (κ3) is 10.8. The third-order valence-corrected chi connectivity index (χ3v) is 11.1. The first-order valence-corrected chi connectivity index (χ1v) is 18.6. The van der Waals surface area contributed by atoms with Crippen LogP contribution in [0.5, 0.6) is 0 Å². The highest BCUT2D eigenvalue weighted by Gasteiger charge is 2.48. The van der Waals surface area contributed by atoms with Crippen molar-refractivity contribution in [3.05, 3.63) is 0 Å². The Labute approximate surface area is 313 Å². The predicted octanol–water partition coefficient (Wildman–Crippen LogP) is -6.37. The highest BCUT2D eigenvalue weighted by molar-refractivity contribution is 4.96. The van der Waals surface area contributed by atoms with Gasteiger partial charge in [-0.3, -0.25) is 0 Å². The van der Waals surface area contributed by atoms with Gasteiger partial charge >= 0.3 is 0 Å². The van der Waals surface area contributed by atoms with Gasteiger partial charge in [0, 0.05) is 31.5 Å². The first-order chi connectivity index (χ1) is 25.8. The van der Waals surface area contributed by atoms with E-state index < -0.39 is 141 Å². The van der Waals surface area contributed by atoms with Crippen molar-refractivity contribution in [1.29, 1.82) is 0 Å². The Morgan fingerprint density at radius 1 is 0.389 bits per heavy atom. The molecule has 0 aromatic heterocycles. The van der Waals surface area contributed by atoms with Gasteiger partial charge in [-0.15, -0.1) is 0 Å². The summed E-state index contributed by atoms with van der Waals surface area (Å²) in [4.78, 5) is 0. The minimum Gasteiger partial charge on any atom is -0.394 e. The Bertz CT molecular complexity index is 1060. The summed E-state index contributed by atoms with van der Waals surface area (Å²) in [7, 11) is 1.41. The lowest BCUT2D eigenvalue weighted by Crippen LogP contribution is -2.60. The quantitative estimate of drug-likeness (QED) is 0.0542. The van der Waals surface area contributed by atoms with Crippen molar-refractivity contribution in [3.8, 4) is 0 Å². The maximum atomic E-state index is 11.4. The van der Waals surface area contributed by atoms with Crippen LogP contribution in [0.2, 0.25) is 0 Å². The summed E-state index contributed by atoms with van der Waals surface area (Å²) >= 11 is 0. The largest absolute Gasteiger partial charge is 0.394 e. The van der Waals surface area contributed by atoms with E-state index in [1.54, 1.807) is 6.92 Å². The number of ether oxygens (including phenoxy) is 8. The van der Waals surface area contributed by atoms with Crippen LogP contribution in [-0.4, -0.2) is 238 Å². The average molecular weight is 791 g/mol. The number of hydrogen-bond donors (Lipinski definition) is 12. The van der Waals surface area contributed by atoms with Gasteiger partial charge in [-0.05, 0) is 12.8 Å². The van der Waals surface area contributed by atoms with E-state index in [9.17, 15) is 61.3 Å². The summed E-state index contributed by atoms with van der Waals surface area (Å²) in [5.41, 5.74) is 0. The van der Waals surface area contributed by atoms with Gasteiger partial charge in [-0.25, -0.2) is 0 Å². The van der Waals surface area contributed by atoms with Crippen LogP contribution in [0.3, 0.4) is 0 Å². The molecular formula is C34H62O20. The molecule has 4 aliphatic heterocycles. The smallest absolute Gasteiger partial charge is 0.111 e. The van der Waals surface area contributed by atoms with Gasteiger partial charge in [0.1, 0.15) is 61.0 Å². The Morgan fingerprint density at radius 3 is 1.20 bits per heavy atom. The van der Waals surface area contributed by atoms with Crippen molar-refractivity contribution < 1.29 is 99.2 Å². The van der Waals surface area contributed by atoms with Crippen LogP contribution in [0, 0.1) is 17.8 Å². The normalized spacial score (nSPS) is 46.1. The lowest BCUT2D eigenvalue weighted by atomic mass is 9.84. The average Bonchev–Trinajstić information content (AvgIpc) is 3.16. The summed E-state index contributed by atoms with van der Waals surface area (Å²) in [6.45, 7) is -1.07. The maximum Gasteiger partial charge on any atom is 0.111 e. The lowest BCUT2D eigenvalue weighted by molar-refractivity contribution is -0.250. The Hall–Kier alpha value is -0.800. The molecule has 4 rings (SSSR count). The molecule has 0 aromatic carbocycles. The second kappa shape index (κ2) is 21.8. The molecule has 12 N–H and O–H groups in total. The number of hydrogen-bond acceptors (Lipinski definition) is 20. The molecule has 4 fully saturated rings. The van der Waals surface area contributed by atoms with Gasteiger partial charge in [0.05, 0.1) is 102 Å². The van der Waals surface area contributed by atoms with E-state index in [2.05, 4.69) is 0 Å². The van der Waals surface area contributed by atoms with E-state index in [0.717, 1.165) is 0 Å². The molecule has 0 bridgehead atoms. The van der Waals surface area contributed by atoms with Gasteiger partial charge in [0.2, 0.25) is 0 Å². The molecule has 318 valence electrons. The molecular weight excluding hydrogens is 728 g/mol. The number of aliphatic hydroxyl groups excluding tert-OH is 12. The van der Waals surface area contributed by atoms with Crippen LogP contribution < -0.4 is 0 Å². The van der Waals surface area contributed by atoms with Crippen LogP contribution in [0.4, 0.5) is 0 Å². The van der Waals surface area contributed by atoms with Crippen molar-refractivity contribution in [2.75, 3.05) is 73.2 Å². The van der Waals surface area contributed by atoms with Crippen molar-refractivity contribution >= 4 is 0 Å². The fourth-order valence-electron chi connectivity index (χ4n) is 7.77. The van der Waals surface area contributed by atoms with E-state index in [4.69, 9.17) is 37.9 Å². The minimum atomic E-state index is -1.55.